The van der Waals surface area contributed by atoms with E-state index < -0.39 is 0 Å². The molecule has 4 nitrogen and oxygen atoms in total. The Morgan fingerprint density at radius 3 is 2.83 bits per heavy atom. The Hall–Kier alpha value is -1.39. The van der Waals surface area contributed by atoms with Crippen LogP contribution >= 0.6 is 0 Å². The van der Waals surface area contributed by atoms with Crippen LogP contribution in [0.5, 0.6) is 0 Å². The van der Waals surface area contributed by atoms with Crippen LogP contribution in [0.1, 0.15) is 29.3 Å². The van der Waals surface area contributed by atoms with E-state index in [4.69, 9.17) is 9.84 Å². The zero-order chi connectivity index (χ0) is 13.4. The predicted molar refractivity (Wildman–Crippen MR) is 70.4 cm³/mol. The largest absolute Gasteiger partial charge is 0.396 e. The Balaban J connectivity index is 2.77. The van der Waals surface area contributed by atoms with Gasteiger partial charge in [-0.25, -0.2) is 0 Å². The van der Waals surface area contributed by atoms with Gasteiger partial charge in [-0.3, -0.25) is 4.79 Å². The fourth-order valence-corrected chi connectivity index (χ4v) is 1.81. The third-order valence-electron chi connectivity index (χ3n) is 2.74. The molecule has 4 heteroatoms. The third kappa shape index (κ3) is 4.13. The van der Waals surface area contributed by atoms with Gasteiger partial charge in [-0.05, 0) is 31.0 Å². The number of hydrogen-bond acceptors (Lipinski definition) is 3. The number of benzene rings is 1. The molecule has 0 bridgehead atoms. The molecule has 1 amide bonds. The second-order valence-electron chi connectivity index (χ2n) is 4.10. The molecule has 0 unspecified atom stereocenters. The van der Waals surface area contributed by atoms with E-state index in [9.17, 15) is 4.79 Å². The summed E-state index contributed by atoms with van der Waals surface area (Å²) >= 11 is 0. The van der Waals surface area contributed by atoms with Crippen LogP contribution in [0, 0.1) is 0 Å². The van der Waals surface area contributed by atoms with Gasteiger partial charge in [-0.15, -0.1) is 0 Å². The summed E-state index contributed by atoms with van der Waals surface area (Å²) in [5.74, 6) is 0.00361. The highest BCUT2D eigenvalue weighted by atomic mass is 16.5. The molecular formula is C14H21NO3. The van der Waals surface area contributed by atoms with Gasteiger partial charge in [-0.2, -0.15) is 0 Å². The Labute approximate surface area is 108 Å². The van der Waals surface area contributed by atoms with Crippen molar-refractivity contribution in [2.45, 2.75) is 20.0 Å². The van der Waals surface area contributed by atoms with E-state index in [0.717, 1.165) is 5.56 Å². The van der Waals surface area contributed by atoms with Crippen molar-refractivity contribution < 1.29 is 14.6 Å². The quantitative estimate of drug-likeness (QED) is 0.802. The predicted octanol–water partition coefficient (Wildman–Crippen LogP) is 1.68. The molecule has 1 aromatic carbocycles. The summed E-state index contributed by atoms with van der Waals surface area (Å²) in [4.78, 5) is 14.0. The molecule has 1 aromatic rings. The van der Waals surface area contributed by atoms with E-state index >= 15 is 0 Å². The number of carbonyl (C=O) groups is 1. The highest BCUT2D eigenvalue weighted by molar-refractivity contribution is 5.94. The van der Waals surface area contributed by atoms with Crippen molar-refractivity contribution in [3.8, 4) is 0 Å². The van der Waals surface area contributed by atoms with Crippen molar-refractivity contribution in [3.05, 3.63) is 35.4 Å². The number of nitrogens with zero attached hydrogens (tertiary/aromatic N) is 1. The average molecular weight is 251 g/mol. The van der Waals surface area contributed by atoms with Gasteiger partial charge in [0, 0.05) is 32.4 Å². The first-order chi connectivity index (χ1) is 8.72. The second kappa shape index (κ2) is 7.84. The highest BCUT2D eigenvalue weighted by Crippen LogP contribution is 2.10. The monoisotopic (exact) mass is 251 g/mol. The molecule has 1 N–H and O–H groups in total. The maximum Gasteiger partial charge on any atom is 0.253 e. The van der Waals surface area contributed by atoms with E-state index in [0.29, 0.717) is 31.7 Å². The standard InChI is InChI=1S/C14H21NO3/c1-3-15(8-5-9-16)14(17)13-7-4-6-12(10-13)11-18-2/h4,6-7,10,16H,3,5,8-9,11H2,1-2H3. The van der Waals surface area contributed by atoms with E-state index in [1.807, 2.05) is 31.2 Å². The first-order valence-corrected chi connectivity index (χ1v) is 6.21. The summed E-state index contributed by atoms with van der Waals surface area (Å²) in [5, 5.41) is 8.82. The summed E-state index contributed by atoms with van der Waals surface area (Å²) in [6, 6.07) is 7.46. The van der Waals surface area contributed by atoms with Gasteiger partial charge in [0.15, 0.2) is 0 Å². The number of methoxy groups -OCH3 is 1. The van der Waals surface area contributed by atoms with Gasteiger partial charge < -0.3 is 14.7 Å². The van der Waals surface area contributed by atoms with E-state index in [2.05, 4.69) is 0 Å². The lowest BCUT2D eigenvalue weighted by molar-refractivity contribution is 0.0754. The molecule has 0 aliphatic heterocycles. The molecule has 0 aliphatic carbocycles. The van der Waals surface area contributed by atoms with Gasteiger partial charge in [0.25, 0.3) is 5.91 Å². The van der Waals surface area contributed by atoms with Crippen molar-refractivity contribution in [3.63, 3.8) is 0 Å². The Morgan fingerprint density at radius 2 is 2.22 bits per heavy atom. The van der Waals surface area contributed by atoms with E-state index in [1.54, 1.807) is 12.0 Å². The Bertz CT molecular complexity index is 379. The van der Waals surface area contributed by atoms with Gasteiger partial charge >= 0.3 is 0 Å². The molecule has 0 aromatic heterocycles. The molecule has 0 spiro atoms. The SMILES string of the molecule is CCN(CCCO)C(=O)c1cccc(COC)c1. The highest BCUT2D eigenvalue weighted by Gasteiger charge is 2.13. The Kier molecular flexibility index (Phi) is 6.39. The topological polar surface area (TPSA) is 49.8 Å². The number of rotatable bonds is 7. The average Bonchev–Trinajstić information content (AvgIpc) is 2.40. The van der Waals surface area contributed by atoms with Crippen LogP contribution in [-0.2, 0) is 11.3 Å². The molecule has 1 rings (SSSR count). The molecule has 0 heterocycles. The molecule has 0 radical (unpaired) electrons. The van der Waals surface area contributed by atoms with Gasteiger partial charge in [0.2, 0.25) is 0 Å². The molecule has 100 valence electrons. The van der Waals surface area contributed by atoms with Crippen LogP contribution in [0.25, 0.3) is 0 Å². The van der Waals surface area contributed by atoms with Crippen LogP contribution in [0.15, 0.2) is 24.3 Å². The summed E-state index contributed by atoms with van der Waals surface area (Å²) in [6.07, 6.45) is 0.608. The van der Waals surface area contributed by atoms with Crippen LogP contribution < -0.4 is 0 Å². The minimum absolute atomic E-state index is 0.00361. The molecule has 18 heavy (non-hydrogen) atoms. The molecule has 0 atom stereocenters. The van der Waals surface area contributed by atoms with Crippen LogP contribution in [-0.4, -0.2) is 42.7 Å². The van der Waals surface area contributed by atoms with Gasteiger partial charge in [-0.1, -0.05) is 12.1 Å². The summed E-state index contributed by atoms with van der Waals surface area (Å²) in [6.45, 7) is 3.78. The minimum Gasteiger partial charge on any atom is -0.396 e. The fourth-order valence-electron chi connectivity index (χ4n) is 1.81. The molecule has 0 saturated carbocycles. The second-order valence-corrected chi connectivity index (χ2v) is 4.10. The van der Waals surface area contributed by atoms with Crippen molar-refractivity contribution in [1.82, 2.24) is 4.90 Å². The van der Waals surface area contributed by atoms with Crippen molar-refractivity contribution in [2.75, 3.05) is 26.8 Å². The zero-order valence-corrected chi connectivity index (χ0v) is 11.1. The number of aliphatic hydroxyl groups excluding tert-OH is 1. The fraction of sp³-hybridized carbons (Fsp3) is 0.500. The molecule has 0 saturated heterocycles. The third-order valence-corrected chi connectivity index (χ3v) is 2.74. The number of carbonyl (C=O) groups excluding carboxylic acids is 1. The summed E-state index contributed by atoms with van der Waals surface area (Å²) in [5.41, 5.74) is 1.66. The van der Waals surface area contributed by atoms with Crippen LogP contribution in [0.2, 0.25) is 0 Å². The van der Waals surface area contributed by atoms with E-state index in [1.165, 1.54) is 0 Å². The molecular weight excluding hydrogens is 230 g/mol. The lowest BCUT2D eigenvalue weighted by atomic mass is 10.1. The minimum atomic E-state index is 0.00361. The first-order valence-electron chi connectivity index (χ1n) is 6.21. The normalized spacial score (nSPS) is 10.4. The number of hydrogen-bond donors (Lipinski definition) is 1. The van der Waals surface area contributed by atoms with Crippen LogP contribution in [0.3, 0.4) is 0 Å². The summed E-state index contributed by atoms with van der Waals surface area (Å²) < 4.78 is 5.06. The van der Waals surface area contributed by atoms with Crippen molar-refractivity contribution >= 4 is 5.91 Å². The van der Waals surface area contributed by atoms with E-state index in [-0.39, 0.29) is 12.5 Å². The molecule has 0 fully saturated rings. The number of amides is 1. The smallest absolute Gasteiger partial charge is 0.253 e. The lowest BCUT2D eigenvalue weighted by Crippen LogP contribution is -2.32. The number of ether oxygens (including phenoxy) is 1. The summed E-state index contributed by atoms with van der Waals surface area (Å²) in [7, 11) is 1.63. The Morgan fingerprint density at radius 1 is 1.44 bits per heavy atom. The maximum atomic E-state index is 12.2. The lowest BCUT2D eigenvalue weighted by Gasteiger charge is -2.20. The van der Waals surface area contributed by atoms with Crippen molar-refractivity contribution in [1.29, 1.82) is 0 Å². The molecule has 0 aliphatic rings. The van der Waals surface area contributed by atoms with Gasteiger partial charge in [0.05, 0.1) is 6.61 Å². The van der Waals surface area contributed by atoms with Crippen molar-refractivity contribution in [2.24, 2.45) is 0 Å². The first kappa shape index (κ1) is 14.7. The van der Waals surface area contributed by atoms with Gasteiger partial charge in [0.1, 0.15) is 0 Å². The zero-order valence-electron chi connectivity index (χ0n) is 11.1. The van der Waals surface area contributed by atoms with Crippen LogP contribution in [0.4, 0.5) is 0 Å². The number of aliphatic hydroxyl groups is 1. The maximum absolute atomic E-state index is 12.2.